The fourth-order valence-electron chi connectivity index (χ4n) is 9.18. The molecule has 58 heavy (non-hydrogen) atoms. The van der Waals surface area contributed by atoms with E-state index in [4.69, 9.17) is 32.8 Å². The molecule has 3 aliphatic heterocycles. The lowest BCUT2D eigenvalue weighted by atomic mass is 9.73. The number of aliphatic hydroxyl groups is 5. The van der Waals surface area contributed by atoms with Gasteiger partial charge >= 0.3 is 5.97 Å². The lowest BCUT2D eigenvalue weighted by molar-refractivity contribution is -0.317. The van der Waals surface area contributed by atoms with Crippen LogP contribution in [-0.2, 0) is 33.2 Å². The number of esters is 1. The molecule has 14 nitrogen and oxygen atoms in total. The molecule has 332 valence electrons. The number of hydrogen-bond acceptors (Lipinski definition) is 15. The predicted octanol–water partition coefficient (Wildman–Crippen LogP) is 4.36. The van der Waals surface area contributed by atoms with E-state index in [1.165, 1.54) is 26.0 Å². The van der Waals surface area contributed by atoms with E-state index in [0.29, 0.717) is 12.1 Å². The number of nitrogens with zero attached hydrogens (tertiary/aromatic N) is 2. The molecule has 3 fully saturated rings. The lowest BCUT2D eigenvalue weighted by Gasteiger charge is -2.49. The van der Waals surface area contributed by atoms with E-state index in [9.17, 15) is 30.3 Å². The number of benzene rings is 1. The molecule has 0 radical (unpaired) electrons. The first-order valence-corrected chi connectivity index (χ1v) is 21.6. The molecule has 15 heteroatoms. The zero-order chi connectivity index (χ0) is 43.5. The summed E-state index contributed by atoms with van der Waals surface area (Å²) in [6, 6.07) is 9.23. The van der Waals surface area contributed by atoms with Gasteiger partial charge in [-0.2, -0.15) is 0 Å². The van der Waals surface area contributed by atoms with Gasteiger partial charge in [0.05, 0.1) is 47.6 Å². The molecule has 3 aliphatic rings. The standard InChI is InChI=1S/C43H72N2O12S/c1-14-31-43(10,51)36(47)25(4)33(44-58-29-18-16-15-17-19-29)23(2)21-41(8,50)38(57-40-34(46)30(45(11)12)20-24(3)53-40)26(5)35(27(6)39(49)55-31)56-32-22-42(9,52-13)37(48)28(7)54-32/h15-19,23-28,30-32,34-38,40,46-48,50-51H,14,20-22H2,1-13H3/b44-33-/t23-,24-,25+,26+,27-,28+,30+,31-,32+,34-,35+,36-,37+,38-,40+,41+,42-,43-/m1/s1. The van der Waals surface area contributed by atoms with E-state index in [0.717, 1.165) is 4.90 Å². The monoisotopic (exact) mass is 840 g/mol. The lowest BCUT2D eigenvalue weighted by Crippen LogP contribution is -2.61. The molecule has 3 heterocycles. The second kappa shape index (κ2) is 20.0. The molecule has 0 amide bonds. The van der Waals surface area contributed by atoms with Crippen LogP contribution in [0.2, 0.25) is 0 Å². The zero-order valence-electron chi connectivity index (χ0n) is 36.8. The molecule has 0 bridgehead atoms. The molecular weight excluding hydrogens is 769 g/mol. The van der Waals surface area contributed by atoms with Gasteiger partial charge in [0.2, 0.25) is 0 Å². The SMILES string of the molecule is CC[C@H]1OC(=O)[C@H](C)[C@@H](O[C@H]2C[C@@](C)(OC)[C@@H](O)[C@H](C)O2)[C@H](C)[C@@H](O[C@@H]2O[C@H](C)C[C@H](N(C)C)[C@H]2O)[C@@](C)(O)C[C@@H](C)/C(=N/Sc2ccccc2)[C@H](C)[C@@H](O)[C@]1(C)O. The summed E-state index contributed by atoms with van der Waals surface area (Å²) in [6.07, 6.45) is -9.02. The van der Waals surface area contributed by atoms with Crippen molar-refractivity contribution in [2.75, 3.05) is 21.2 Å². The minimum atomic E-state index is -1.91. The van der Waals surface area contributed by atoms with Gasteiger partial charge in [-0.1, -0.05) is 45.9 Å². The Labute approximate surface area is 350 Å². The largest absolute Gasteiger partial charge is 0.459 e. The molecule has 0 unspecified atom stereocenters. The molecule has 18 atom stereocenters. The molecule has 0 aromatic heterocycles. The highest BCUT2D eigenvalue weighted by Crippen LogP contribution is 2.41. The van der Waals surface area contributed by atoms with Gasteiger partial charge in [0.15, 0.2) is 12.6 Å². The maximum Gasteiger partial charge on any atom is 0.311 e. The van der Waals surface area contributed by atoms with Crippen LogP contribution in [-0.4, -0.2) is 148 Å². The summed E-state index contributed by atoms with van der Waals surface area (Å²) >= 11 is 1.22. The van der Waals surface area contributed by atoms with E-state index in [2.05, 4.69) is 0 Å². The van der Waals surface area contributed by atoms with E-state index in [-0.39, 0.29) is 31.4 Å². The third-order valence-electron chi connectivity index (χ3n) is 12.9. The Morgan fingerprint density at radius 2 is 1.55 bits per heavy atom. The third kappa shape index (κ3) is 11.0. The van der Waals surface area contributed by atoms with Crippen LogP contribution < -0.4 is 0 Å². The van der Waals surface area contributed by atoms with Crippen LogP contribution in [0.3, 0.4) is 0 Å². The van der Waals surface area contributed by atoms with Crippen LogP contribution in [0.4, 0.5) is 0 Å². The number of methoxy groups -OCH3 is 1. The van der Waals surface area contributed by atoms with Crippen molar-refractivity contribution in [3.8, 4) is 0 Å². The van der Waals surface area contributed by atoms with E-state index < -0.39 is 102 Å². The number of likely N-dealkylation sites (N-methyl/N-ethyl adjacent to an activating group) is 1. The van der Waals surface area contributed by atoms with Crippen LogP contribution >= 0.6 is 11.9 Å². The van der Waals surface area contributed by atoms with Gasteiger partial charge < -0.3 is 58.9 Å². The van der Waals surface area contributed by atoms with Gasteiger partial charge in [0.25, 0.3) is 0 Å². The molecule has 0 saturated carbocycles. The molecular formula is C43H72N2O12S. The van der Waals surface area contributed by atoms with Gasteiger partial charge in [-0.05, 0) is 93.0 Å². The number of rotatable bonds is 9. The quantitative estimate of drug-likeness (QED) is 0.174. The van der Waals surface area contributed by atoms with Gasteiger partial charge in [0, 0.05) is 54.0 Å². The molecule has 3 saturated heterocycles. The number of carbonyl (C=O) groups excluding carboxylic acids is 1. The highest BCUT2D eigenvalue weighted by molar-refractivity contribution is 7.98. The maximum absolute atomic E-state index is 14.4. The molecule has 1 aromatic carbocycles. The Bertz CT molecular complexity index is 1500. The number of cyclic esters (lactones) is 1. The van der Waals surface area contributed by atoms with Gasteiger partial charge in [-0.15, -0.1) is 0 Å². The summed E-state index contributed by atoms with van der Waals surface area (Å²) in [4.78, 5) is 17.1. The van der Waals surface area contributed by atoms with E-state index in [1.807, 2.05) is 70.1 Å². The average Bonchev–Trinajstić information content (AvgIpc) is 3.16. The summed E-state index contributed by atoms with van der Waals surface area (Å²) < 4.78 is 42.8. The predicted molar refractivity (Wildman–Crippen MR) is 221 cm³/mol. The van der Waals surface area contributed by atoms with Crippen molar-refractivity contribution in [1.29, 1.82) is 0 Å². The Morgan fingerprint density at radius 1 is 0.914 bits per heavy atom. The van der Waals surface area contributed by atoms with Crippen LogP contribution in [0, 0.1) is 23.7 Å². The van der Waals surface area contributed by atoms with Crippen molar-refractivity contribution in [3.05, 3.63) is 30.3 Å². The second-order valence-electron chi connectivity index (χ2n) is 18.0. The van der Waals surface area contributed by atoms with Crippen molar-refractivity contribution in [2.45, 2.75) is 184 Å². The van der Waals surface area contributed by atoms with Gasteiger partial charge in [-0.25, -0.2) is 4.40 Å². The smallest absolute Gasteiger partial charge is 0.311 e. The van der Waals surface area contributed by atoms with Crippen LogP contribution in [0.5, 0.6) is 0 Å². The minimum Gasteiger partial charge on any atom is -0.459 e. The van der Waals surface area contributed by atoms with Crippen molar-refractivity contribution < 1.29 is 58.7 Å². The number of aliphatic hydroxyl groups excluding tert-OH is 3. The topological polar surface area (TPSA) is 189 Å². The fourth-order valence-corrected chi connectivity index (χ4v) is 10.0. The van der Waals surface area contributed by atoms with Crippen molar-refractivity contribution in [3.63, 3.8) is 0 Å². The summed E-state index contributed by atoms with van der Waals surface area (Å²) in [5, 5.41) is 59.5. The fraction of sp³-hybridized carbons (Fsp3) is 0.814. The molecule has 1 aromatic rings. The van der Waals surface area contributed by atoms with Crippen molar-refractivity contribution in [1.82, 2.24) is 4.90 Å². The summed E-state index contributed by atoms with van der Waals surface area (Å²) in [5.41, 5.74) is -4.14. The van der Waals surface area contributed by atoms with Crippen LogP contribution in [0.25, 0.3) is 0 Å². The van der Waals surface area contributed by atoms with E-state index in [1.54, 1.807) is 41.5 Å². The molecule has 0 spiro atoms. The van der Waals surface area contributed by atoms with Gasteiger partial charge in [-0.3, -0.25) is 4.79 Å². The zero-order valence-corrected chi connectivity index (χ0v) is 37.6. The normalized spacial score (nSPS) is 45.8. The first-order chi connectivity index (χ1) is 27.0. The van der Waals surface area contributed by atoms with Crippen LogP contribution in [0.1, 0.15) is 94.9 Å². The highest BCUT2D eigenvalue weighted by atomic mass is 32.2. The minimum absolute atomic E-state index is 0.0541. The summed E-state index contributed by atoms with van der Waals surface area (Å²) in [7, 11) is 5.26. The first kappa shape index (κ1) is 48.9. The first-order valence-electron chi connectivity index (χ1n) is 20.8. The Kier molecular flexibility index (Phi) is 16.9. The molecule has 5 N–H and O–H groups in total. The summed E-state index contributed by atoms with van der Waals surface area (Å²) in [6.45, 7) is 17.4. The van der Waals surface area contributed by atoms with Gasteiger partial charge in [0.1, 0.15) is 23.9 Å². The Balaban J connectivity index is 1.89. The van der Waals surface area contributed by atoms with Crippen LogP contribution in [0.15, 0.2) is 39.6 Å². The molecule has 4 rings (SSSR count). The second-order valence-corrected chi connectivity index (χ2v) is 18.8. The average molecular weight is 841 g/mol. The Morgan fingerprint density at radius 3 is 2.14 bits per heavy atom. The highest BCUT2D eigenvalue weighted by Gasteiger charge is 2.53. The third-order valence-corrected chi connectivity index (χ3v) is 13.6. The maximum atomic E-state index is 14.4. The van der Waals surface area contributed by atoms with E-state index >= 15 is 0 Å². The van der Waals surface area contributed by atoms with Crippen molar-refractivity contribution in [2.24, 2.45) is 28.1 Å². The number of ether oxygens (including phenoxy) is 6. The number of hydrogen-bond donors (Lipinski definition) is 5. The van der Waals surface area contributed by atoms with Crippen molar-refractivity contribution >= 4 is 23.6 Å². The Hall–Kier alpha value is -1.73. The summed E-state index contributed by atoms with van der Waals surface area (Å²) in [5.74, 6) is -3.81. The number of carbonyl (C=O) groups is 1. The molecule has 0 aliphatic carbocycles.